The number of nitrogens with one attached hydrogen (secondary N) is 3. The van der Waals surface area contributed by atoms with Crippen LogP contribution < -0.4 is 20.1 Å². The summed E-state index contributed by atoms with van der Waals surface area (Å²) >= 11 is 5.85. The number of ether oxygens (including phenoxy) is 1. The van der Waals surface area contributed by atoms with Gasteiger partial charge in [0.2, 0.25) is 10.0 Å². The molecule has 0 fully saturated rings. The predicted molar refractivity (Wildman–Crippen MR) is 128 cm³/mol. The monoisotopic (exact) mass is 552 g/mol. The Morgan fingerprint density at radius 2 is 1.86 bits per heavy atom. The Morgan fingerprint density at radius 3 is 2.55 bits per heavy atom. The number of hydrogen-bond donors (Lipinski definition) is 3. The Bertz CT molecular complexity index is 910. The molecule has 0 unspecified atom stereocenters. The fraction of sp³-hybridized carbons (Fsp3) is 0.316. The van der Waals surface area contributed by atoms with Gasteiger partial charge in [-0.25, -0.2) is 13.1 Å². The maximum atomic E-state index is 12.3. The third-order valence-corrected chi connectivity index (χ3v) is 5.45. The van der Waals surface area contributed by atoms with E-state index in [4.69, 9.17) is 16.3 Å². The van der Waals surface area contributed by atoms with Crippen molar-refractivity contribution >= 4 is 51.6 Å². The van der Waals surface area contributed by atoms with Crippen molar-refractivity contribution in [2.75, 3.05) is 26.7 Å². The SMILES string of the molecule is CCOc1ccccc1CNC(=NC)NCCNS(=O)(=O)c1cccc(Cl)c1.I. The van der Waals surface area contributed by atoms with Gasteiger partial charge in [-0.3, -0.25) is 4.99 Å². The van der Waals surface area contributed by atoms with Gasteiger partial charge in [-0.2, -0.15) is 0 Å². The van der Waals surface area contributed by atoms with Gasteiger partial charge in [0, 0.05) is 37.3 Å². The standard InChI is InChI=1S/C19H25ClN4O3S.HI/c1-3-27-18-10-5-4-7-15(18)14-23-19(21-2)22-11-12-24-28(25,26)17-9-6-8-16(20)13-17;/h4-10,13,24H,3,11-12,14H2,1-2H3,(H2,21,22,23);1H. The Morgan fingerprint density at radius 1 is 1.10 bits per heavy atom. The largest absolute Gasteiger partial charge is 0.494 e. The van der Waals surface area contributed by atoms with Gasteiger partial charge in [0.25, 0.3) is 0 Å². The van der Waals surface area contributed by atoms with E-state index in [1.54, 1.807) is 19.2 Å². The minimum absolute atomic E-state index is 0. The highest BCUT2D eigenvalue weighted by Crippen LogP contribution is 2.17. The highest BCUT2D eigenvalue weighted by molar-refractivity contribution is 14.0. The highest BCUT2D eigenvalue weighted by Gasteiger charge is 2.13. The third-order valence-electron chi connectivity index (χ3n) is 3.76. The van der Waals surface area contributed by atoms with Gasteiger partial charge in [0.15, 0.2) is 5.96 Å². The van der Waals surface area contributed by atoms with E-state index < -0.39 is 10.0 Å². The van der Waals surface area contributed by atoms with Crippen LogP contribution in [0.25, 0.3) is 0 Å². The van der Waals surface area contributed by atoms with E-state index >= 15 is 0 Å². The van der Waals surface area contributed by atoms with E-state index in [1.807, 2.05) is 31.2 Å². The van der Waals surface area contributed by atoms with Crippen LogP contribution in [0, 0.1) is 0 Å². The van der Waals surface area contributed by atoms with Crippen LogP contribution in [0.5, 0.6) is 5.75 Å². The molecule has 160 valence electrons. The summed E-state index contributed by atoms with van der Waals surface area (Å²) in [5.41, 5.74) is 1.01. The molecule has 2 aromatic rings. The van der Waals surface area contributed by atoms with E-state index in [0.717, 1.165) is 11.3 Å². The number of sulfonamides is 1. The second-order valence-electron chi connectivity index (χ2n) is 5.75. The molecule has 0 heterocycles. The van der Waals surface area contributed by atoms with Crippen molar-refractivity contribution in [2.24, 2.45) is 4.99 Å². The Balaban J connectivity index is 0.00000420. The minimum atomic E-state index is -3.61. The lowest BCUT2D eigenvalue weighted by atomic mass is 10.2. The Hall–Kier alpha value is -1.56. The van der Waals surface area contributed by atoms with Crippen molar-refractivity contribution in [3.8, 4) is 5.75 Å². The number of para-hydroxylation sites is 1. The quantitative estimate of drug-likeness (QED) is 0.193. The van der Waals surface area contributed by atoms with Crippen LogP contribution in [0.15, 0.2) is 58.4 Å². The van der Waals surface area contributed by atoms with Crippen molar-refractivity contribution in [3.05, 3.63) is 59.1 Å². The first-order chi connectivity index (χ1) is 13.5. The van der Waals surface area contributed by atoms with E-state index in [1.165, 1.54) is 12.1 Å². The number of aliphatic imine (C=N–C) groups is 1. The zero-order valence-corrected chi connectivity index (χ0v) is 20.2. The lowest BCUT2D eigenvalue weighted by molar-refractivity contribution is 0.336. The molecule has 3 N–H and O–H groups in total. The average molecular weight is 553 g/mol. The van der Waals surface area contributed by atoms with Gasteiger partial charge in [-0.1, -0.05) is 35.9 Å². The molecular formula is C19H26ClIN4O3S. The van der Waals surface area contributed by atoms with Crippen molar-refractivity contribution < 1.29 is 13.2 Å². The summed E-state index contributed by atoms with van der Waals surface area (Å²) in [6.07, 6.45) is 0. The fourth-order valence-electron chi connectivity index (χ4n) is 2.43. The molecule has 0 bridgehead atoms. The Labute approximate surface area is 194 Å². The van der Waals surface area contributed by atoms with Crippen LogP contribution in [0.2, 0.25) is 5.02 Å². The van der Waals surface area contributed by atoms with Gasteiger partial charge < -0.3 is 15.4 Å². The zero-order valence-electron chi connectivity index (χ0n) is 16.3. The number of rotatable bonds is 9. The molecule has 29 heavy (non-hydrogen) atoms. The van der Waals surface area contributed by atoms with Crippen molar-refractivity contribution in [1.29, 1.82) is 0 Å². The summed E-state index contributed by atoms with van der Waals surface area (Å²) < 4.78 is 32.6. The van der Waals surface area contributed by atoms with Gasteiger partial charge in [-0.15, -0.1) is 24.0 Å². The van der Waals surface area contributed by atoms with Crippen LogP contribution in [0.4, 0.5) is 0 Å². The summed E-state index contributed by atoms with van der Waals surface area (Å²) in [5, 5.41) is 6.63. The normalized spacial score (nSPS) is 11.5. The van der Waals surface area contributed by atoms with Crippen molar-refractivity contribution in [3.63, 3.8) is 0 Å². The molecule has 10 heteroatoms. The average Bonchev–Trinajstić information content (AvgIpc) is 2.68. The topological polar surface area (TPSA) is 91.8 Å². The maximum Gasteiger partial charge on any atom is 0.240 e. The second kappa shape index (κ2) is 12.9. The van der Waals surface area contributed by atoms with Crippen LogP contribution in [-0.2, 0) is 16.6 Å². The molecular weight excluding hydrogens is 527 g/mol. The van der Waals surface area contributed by atoms with E-state index in [0.29, 0.717) is 30.7 Å². The van der Waals surface area contributed by atoms with Gasteiger partial charge >= 0.3 is 0 Å². The van der Waals surface area contributed by atoms with Crippen LogP contribution >= 0.6 is 35.6 Å². The molecule has 0 aliphatic heterocycles. The summed E-state index contributed by atoms with van der Waals surface area (Å²) in [6, 6.07) is 13.9. The van der Waals surface area contributed by atoms with Gasteiger partial charge in [-0.05, 0) is 31.2 Å². The third kappa shape index (κ3) is 8.37. The Kier molecular flexibility index (Phi) is 11.3. The number of halogens is 2. The number of nitrogens with zero attached hydrogens (tertiary/aromatic N) is 1. The first-order valence-electron chi connectivity index (χ1n) is 8.86. The molecule has 0 aliphatic rings. The van der Waals surface area contributed by atoms with Gasteiger partial charge in [0.1, 0.15) is 5.75 Å². The molecule has 7 nitrogen and oxygen atoms in total. The first-order valence-corrected chi connectivity index (χ1v) is 10.7. The van der Waals surface area contributed by atoms with E-state index in [2.05, 4.69) is 20.3 Å². The lowest BCUT2D eigenvalue weighted by Crippen LogP contribution is -2.41. The molecule has 0 saturated heterocycles. The minimum Gasteiger partial charge on any atom is -0.494 e. The molecule has 0 aromatic heterocycles. The van der Waals surface area contributed by atoms with Crippen molar-refractivity contribution in [1.82, 2.24) is 15.4 Å². The van der Waals surface area contributed by atoms with Crippen LogP contribution in [0.1, 0.15) is 12.5 Å². The number of benzene rings is 2. The molecule has 0 aliphatic carbocycles. The first kappa shape index (κ1) is 25.5. The molecule has 2 rings (SSSR count). The molecule has 0 radical (unpaired) electrons. The fourth-order valence-corrected chi connectivity index (χ4v) is 3.76. The highest BCUT2D eigenvalue weighted by atomic mass is 127. The number of guanidine groups is 1. The lowest BCUT2D eigenvalue weighted by Gasteiger charge is -2.14. The summed E-state index contributed by atoms with van der Waals surface area (Å²) in [6.45, 7) is 3.63. The van der Waals surface area contributed by atoms with Crippen molar-refractivity contribution in [2.45, 2.75) is 18.4 Å². The summed E-state index contributed by atoms with van der Waals surface area (Å²) in [5.74, 6) is 1.38. The maximum absolute atomic E-state index is 12.3. The van der Waals surface area contributed by atoms with Gasteiger partial charge in [0.05, 0.1) is 11.5 Å². The summed E-state index contributed by atoms with van der Waals surface area (Å²) in [7, 11) is -1.95. The molecule has 0 saturated carbocycles. The van der Waals surface area contributed by atoms with Crippen LogP contribution in [-0.4, -0.2) is 41.1 Å². The smallest absolute Gasteiger partial charge is 0.240 e. The molecule has 0 spiro atoms. The van der Waals surface area contributed by atoms with Crippen LogP contribution in [0.3, 0.4) is 0 Å². The number of hydrogen-bond acceptors (Lipinski definition) is 4. The molecule has 0 amide bonds. The zero-order chi connectivity index (χ0) is 20.4. The predicted octanol–water partition coefficient (Wildman–Crippen LogP) is 3.00. The second-order valence-corrected chi connectivity index (χ2v) is 7.95. The molecule has 2 aromatic carbocycles. The summed E-state index contributed by atoms with van der Waals surface area (Å²) in [4.78, 5) is 4.28. The molecule has 0 atom stereocenters. The van der Waals surface area contributed by atoms with E-state index in [-0.39, 0.29) is 35.4 Å². The van der Waals surface area contributed by atoms with E-state index in [9.17, 15) is 8.42 Å².